The number of nitrogens with one attached hydrogen (secondary N) is 1. The van der Waals surface area contributed by atoms with Crippen LogP contribution in [0.15, 0.2) is 36.7 Å². The Balaban J connectivity index is 2.07. The molecule has 88 valence electrons. The average Bonchev–Trinajstić information content (AvgIpc) is 2.28. The second-order valence-electron chi connectivity index (χ2n) is 3.82. The first-order valence-electron chi connectivity index (χ1n) is 5.24. The van der Waals surface area contributed by atoms with E-state index in [1.165, 1.54) is 12.3 Å². The van der Waals surface area contributed by atoms with Crippen molar-refractivity contribution in [2.75, 3.05) is 5.32 Å². The van der Waals surface area contributed by atoms with Crippen LogP contribution in [0.5, 0.6) is 0 Å². The maximum Gasteiger partial charge on any atom is 0.143 e. The molecular formula is C13H12ClFN2. The van der Waals surface area contributed by atoms with E-state index >= 15 is 0 Å². The molecule has 1 heterocycles. The van der Waals surface area contributed by atoms with E-state index in [0.29, 0.717) is 12.2 Å². The predicted octanol–water partition coefficient (Wildman–Crippen LogP) is 3.79. The van der Waals surface area contributed by atoms with Crippen LogP contribution < -0.4 is 5.32 Å². The molecule has 17 heavy (non-hydrogen) atoms. The van der Waals surface area contributed by atoms with E-state index in [0.717, 1.165) is 16.1 Å². The van der Waals surface area contributed by atoms with Gasteiger partial charge in [0.15, 0.2) is 0 Å². The highest BCUT2D eigenvalue weighted by Gasteiger charge is 2.00. The zero-order chi connectivity index (χ0) is 12.3. The third kappa shape index (κ3) is 3.17. The van der Waals surface area contributed by atoms with Crippen LogP contribution in [0.1, 0.15) is 11.1 Å². The second kappa shape index (κ2) is 5.15. The third-order valence-corrected chi connectivity index (χ3v) is 2.73. The molecule has 0 saturated heterocycles. The normalized spacial score (nSPS) is 10.3. The van der Waals surface area contributed by atoms with Crippen LogP contribution in [0.4, 0.5) is 10.1 Å². The van der Waals surface area contributed by atoms with Crippen LogP contribution in [0, 0.1) is 12.7 Å². The van der Waals surface area contributed by atoms with Gasteiger partial charge in [0, 0.05) is 17.6 Å². The predicted molar refractivity (Wildman–Crippen MR) is 67.7 cm³/mol. The lowest BCUT2D eigenvalue weighted by Gasteiger charge is -2.09. The minimum Gasteiger partial charge on any atom is -0.380 e. The van der Waals surface area contributed by atoms with E-state index in [-0.39, 0.29) is 5.82 Å². The van der Waals surface area contributed by atoms with Gasteiger partial charge in [-0.1, -0.05) is 17.7 Å². The smallest absolute Gasteiger partial charge is 0.143 e. The number of nitrogens with zero attached hydrogens (tertiary/aromatic N) is 1. The molecule has 1 aromatic heterocycles. The van der Waals surface area contributed by atoms with Crippen LogP contribution in [0.25, 0.3) is 0 Å². The van der Waals surface area contributed by atoms with Gasteiger partial charge in [0.05, 0.1) is 18.1 Å². The number of pyridine rings is 1. The van der Waals surface area contributed by atoms with Crippen LogP contribution in [0.2, 0.25) is 5.02 Å². The molecule has 0 amide bonds. The van der Waals surface area contributed by atoms with Gasteiger partial charge in [-0.25, -0.2) is 4.39 Å². The number of hydrogen-bond acceptors (Lipinski definition) is 2. The minimum atomic E-state index is -0.345. The molecule has 2 nitrogen and oxygen atoms in total. The fraction of sp³-hybridized carbons (Fsp3) is 0.154. The van der Waals surface area contributed by atoms with Crippen molar-refractivity contribution < 1.29 is 4.39 Å². The molecule has 0 aliphatic heterocycles. The van der Waals surface area contributed by atoms with E-state index in [4.69, 9.17) is 11.6 Å². The summed E-state index contributed by atoms with van der Waals surface area (Å²) < 4.78 is 12.9. The zero-order valence-corrected chi connectivity index (χ0v) is 10.1. The summed E-state index contributed by atoms with van der Waals surface area (Å²) in [5, 5.41) is 3.84. The lowest BCUT2D eigenvalue weighted by Crippen LogP contribution is -2.01. The zero-order valence-electron chi connectivity index (χ0n) is 9.37. The maximum absolute atomic E-state index is 12.9. The van der Waals surface area contributed by atoms with E-state index in [1.54, 1.807) is 6.20 Å². The van der Waals surface area contributed by atoms with Gasteiger partial charge in [-0.15, -0.1) is 0 Å². The fourth-order valence-corrected chi connectivity index (χ4v) is 1.79. The van der Waals surface area contributed by atoms with Crippen LogP contribution >= 0.6 is 11.6 Å². The van der Waals surface area contributed by atoms with E-state index in [9.17, 15) is 4.39 Å². The van der Waals surface area contributed by atoms with Gasteiger partial charge < -0.3 is 5.32 Å². The molecule has 0 atom stereocenters. The fourth-order valence-electron chi connectivity index (χ4n) is 1.56. The molecule has 4 heteroatoms. The molecule has 0 unspecified atom stereocenters. The standard InChI is InChI=1S/C13H12ClFN2/c1-9-4-11(14)3-2-10(9)6-17-13-5-12(15)7-16-8-13/h2-5,7-8,17H,6H2,1H3. The summed E-state index contributed by atoms with van der Waals surface area (Å²) in [4.78, 5) is 3.77. The monoisotopic (exact) mass is 250 g/mol. The Morgan fingerprint density at radius 3 is 2.82 bits per heavy atom. The van der Waals surface area contributed by atoms with Crippen molar-refractivity contribution in [3.8, 4) is 0 Å². The third-order valence-electron chi connectivity index (χ3n) is 2.49. The number of hydrogen-bond donors (Lipinski definition) is 1. The summed E-state index contributed by atoms with van der Waals surface area (Å²) in [5.74, 6) is -0.345. The molecular weight excluding hydrogens is 239 g/mol. The molecule has 0 aliphatic carbocycles. The number of halogens is 2. The molecule has 2 rings (SSSR count). The Kier molecular flexibility index (Phi) is 3.59. The highest BCUT2D eigenvalue weighted by atomic mass is 35.5. The van der Waals surface area contributed by atoms with Crippen molar-refractivity contribution in [1.29, 1.82) is 0 Å². The average molecular weight is 251 g/mol. The van der Waals surface area contributed by atoms with Crippen LogP contribution in [0.3, 0.4) is 0 Å². The van der Waals surface area contributed by atoms with Gasteiger partial charge in [-0.05, 0) is 30.2 Å². The van der Waals surface area contributed by atoms with E-state index in [2.05, 4.69) is 10.3 Å². The number of benzene rings is 1. The molecule has 0 bridgehead atoms. The Morgan fingerprint density at radius 2 is 2.12 bits per heavy atom. The number of rotatable bonds is 3. The molecule has 0 spiro atoms. The van der Waals surface area contributed by atoms with Crippen LogP contribution in [-0.4, -0.2) is 4.98 Å². The Hall–Kier alpha value is -1.61. The molecule has 0 aliphatic rings. The van der Waals surface area contributed by atoms with Crippen molar-refractivity contribution in [1.82, 2.24) is 4.98 Å². The molecule has 1 aromatic carbocycles. The highest BCUT2D eigenvalue weighted by molar-refractivity contribution is 6.30. The largest absolute Gasteiger partial charge is 0.380 e. The van der Waals surface area contributed by atoms with Gasteiger partial charge >= 0.3 is 0 Å². The first-order chi connectivity index (χ1) is 8.15. The van der Waals surface area contributed by atoms with Crippen molar-refractivity contribution >= 4 is 17.3 Å². The van der Waals surface area contributed by atoms with Gasteiger partial charge in [0.25, 0.3) is 0 Å². The number of anilines is 1. The van der Waals surface area contributed by atoms with Gasteiger partial charge in [0.2, 0.25) is 0 Å². The van der Waals surface area contributed by atoms with Crippen molar-refractivity contribution in [3.05, 3.63) is 58.6 Å². The van der Waals surface area contributed by atoms with Crippen molar-refractivity contribution in [2.45, 2.75) is 13.5 Å². The Labute approximate surface area is 104 Å². The Morgan fingerprint density at radius 1 is 1.29 bits per heavy atom. The Bertz CT molecular complexity index is 529. The lowest BCUT2D eigenvalue weighted by atomic mass is 10.1. The summed E-state index contributed by atoms with van der Waals surface area (Å²) in [6.45, 7) is 2.61. The maximum atomic E-state index is 12.9. The molecule has 0 saturated carbocycles. The lowest BCUT2D eigenvalue weighted by molar-refractivity contribution is 0.622. The van der Waals surface area contributed by atoms with Crippen LogP contribution in [-0.2, 0) is 6.54 Å². The minimum absolute atomic E-state index is 0.345. The SMILES string of the molecule is Cc1cc(Cl)ccc1CNc1cncc(F)c1. The number of aromatic nitrogens is 1. The topological polar surface area (TPSA) is 24.9 Å². The van der Waals surface area contributed by atoms with Gasteiger partial charge in [-0.3, -0.25) is 4.98 Å². The van der Waals surface area contributed by atoms with Gasteiger partial charge in [-0.2, -0.15) is 0 Å². The van der Waals surface area contributed by atoms with E-state index in [1.807, 2.05) is 25.1 Å². The first kappa shape index (κ1) is 11.9. The highest BCUT2D eigenvalue weighted by Crippen LogP contribution is 2.16. The molecule has 0 fully saturated rings. The molecule has 0 radical (unpaired) electrons. The van der Waals surface area contributed by atoms with E-state index < -0.39 is 0 Å². The quantitative estimate of drug-likeness (QED) is 0.896. The summed E-state index contributed by atoms with van der Waals surface area (Å²) in [6, 6.07) is 7.12. The number of aryl methyl sites for hydroxylation is 1. The van der Waals surface area contributed by atoms with Gasteiger partial charge in [0.1, 0.15) is 5.82 Å². The second-order valence-corrected chi connectivity index (χ2v) is 4.25. The molecule has 1 N–H and O–H groups in total. The summed E-state index contributed by atoms with van der Waals surface area (Å²) in [6.07, 6.45) is 2.77. The van der Waals surface area contributed by atoms with Crippen molar-refractivity contribution in [2.24, 2.45) is 0 Å². The molecule has 2 aromatic rings. The summed E-state index contributed by atoms with van der Waals surface area (Å²) >= 11 is 5.87. The summed E-state index contributed by atoms with van der Waals surface area (Å²) in [5.41, 5.74) is 2.90. The first-order valence-corrected chi connectivity index (χ1v) is 5.62. The van der Waals surface area contributed by atoms with Crippen molar-refractivity contribution in [3.63, 3.8) is 0 Å². The summed E-state index contributed by atoms with van der Waals surface area (Å²) in [7, 11) is 0.